The van der Waals surface area contributed by atoms with Crippen LogP contribution in [0.4, 0.5) is 16.2 Å². The van der Waals surface area contributed by atoms with Gasteiger partial charge in [-0.2, -0.15) is 8.42 Å². The van der Waals surface area contributed by atoms with E-state index in [2.05, 4.69) is 10.6 Å². The van der Waals surface area contributed by atoms with E-state index in [1.807, 2.05) is 13.0 Å². The predicted molar refractivity (Wildman–Crippen MR) is 129 cm³/mol. The van der Waals surface area contributed by atoms with Crippen LogP contribution in [-0.2, 0) is 10.1 Å². The molecule has 4 rings (SSSR count). The highest BCUT2D eigenvalue weighted by Crippen LogP contribution is 2.29. The number of carboxylic acid groups (broad SMARTS) is 1. The Morgan fingerprint density at radius 2 is 1.50 bits per heavy atom. The van der Waals surface area contributed by atoms with Crippen molar-refractivity contribution in [2.45, 2.75) is 11.8 Å². The number of aromatic carboxylic acids is 1. The lowest BCUT2D eigenvalue weighted by atomic mass is 10.1. The molecule has 0 aliphatic rings. The lowest BCUT2D eigenvalue weighted by molar-refractivity contribution is 0.0695. The normalized spacial score (nSPS) is 11.1. The predicted octanol–water partition coefficient (Wildman–Crippen LogP) is 5.26. The number of anilines is 2. The average molecular weight is 477 g/mol. The van der Waals surface area contributed by atoms with E-state index in [1.54, 1.807) is 54.6 Å². The molecule has 34 heavy (non-hydrogen) atoms. The largest absolute Gasteiger partial charge is 0.478 e. The van der Waals surface area contributed by atoms with E-state index in [-0.39, 0.29) is 16.3 Å². The summed E-state index contributed by atoms with van der Waals surface area (Å²) in [7, 11) is -4.34. The molecule has 0 heterocycles. The fourth-order valence-electron chi connectivity index (χ4n) is 3.44. The van der Waals surface area contributed by atoms with Crippen molar-refractivity contribution in [3.05, 3.63) is 96.1 Å². The maximum atomic E-state index is 13.0. The number of rotatable bonds is 6. The van der Waals surface area contributed by atoms with Crippen molar-refractivity contribution >= 4 is 44.3 Å². The molecule has 0 saturated heterocycles. The molecule has 0 bridgehead atoms. The highest BCUT2D eigenvalue weighted by atomic mass is 32.2. The van der Waals surface area contributed by atoms with Crippen LogP contribution in [0.2, 0.25) is 0 Å². The van der Waals surface area contributed by atoms with Crippen LogP contribution in [0.3, 0.4) is 0 Å². The molecule has 3 N–H and O–H groups in total. The standard InChI is InChI=1S/C25H20N2O6S/c1-16-6-4-9-18(14-16)26-25(30)27-19-12-13-22(21(15-19)24(28)29)33-34(31,32)23-11-5-8-17-7-2-3-10-20(17)23/h2-15H,1H3,(H,28,29)(H2,26,27,30). The Morgan fingerprint density at radius 1 is 0.824 bits per heavy atom. The minimum atomic E-state index is -4.34. The van der Waals surface area contributed by atoms with Gasteiger partial charge in [0, 0.05) is 16.8 Å². The Morgan fingerprint density at radius 3 is 2.24 bits per heavy atom. The van der Waals surface area contributed by atoms with Gasteiger partial charge < -0.3 is 19.9 Å². The number of nitrogens with one attached hydrogen (secondary N) is 2. The third-order valence-corrected chi connectivity index (χ3v) is 6.26. The number of carbonyl (C=O) groups excluding carboxylic acids is 1. The number of hydrogen-bond acceptors (Lipinski definition) is 5. The topological polar surface area (TPSA) is 122 Å². The molecule has 4 aromatic rings. The van der Waals surface area contributed by atoms with Gasteiger partial charge in [-0.1, -0.05) is 48.5 Å². The Hall–Kier alpha value is -4.37. The van der Waals surface area contributed by atoms with Gasteiger partial charge in [0.2, 0.25) is 0 Å². The fraction of sp³-hybridized carbons (Fsp3) is 0.0400. The zero-order chi connectivity index (χ0) is 24.3. The molecular weight excluding hydrogens is 456 g/mol. The number of hydrogen-bond donors (Lipinski definition) is 3. The van der Waals surface area contributed by atoms with Gasteiger partial charge in [0.25, 0.3) is 0 Å². The summed E-state index contributed by atoms with van der Waals surface area (Å²) in [6.45, 7) is 1.88. The molecule has 0 saturated carbocycles. The average Bonchev–Trinajstić information content (AvgIpc) is 2.79. The summed E-state index contributed by atoms with van der Waals surface area (Å²) in [5, 5.41) is 16.0. The van der Waals surface area contributed by atoms with E-state index in [1.165, 1.54) is 18.2 Å². The van der Waals surface area contributed by atoms with Gasteiger partial charge in [0.1, 0.15) is 10.5 Å². The van der Waals surface area contributed by atoms with Gasteiger partial charge in [-0.3, -0.25) is 0 Å². The molecule has 8 nitrogen and oxygen atoms in total. The molecular formula is C25H20N2O6S. The smallest absolute Gasteiger partial charge is 0.339 e. The van der Waals surface area contributed by atoms with Crippen LogP contribution in [0.5, 0.6) is 5.75 Å². The van der Waals surface area contributed by atoms with E-state index >= 15 is 0 Å². The SMILES string of the molecule is Cc1cccc(NC(=O)Nc2ccc(OS(=O)(=O)c3cccc4ccccc34)c(C(=O)O)c2)c1. The van der Waals surface area contributed by atoms with Gasteiger partial charge in [-0.15, -0.1) is 0 Å². The van der Waals surface area contributed by atoms with Crippen LogP contribution in [0, 0.1) is 6.92 Å². The van der Waals surface area contributed by atoms with Crippen molar-refractivity contribution in [1.82, 2.24) is 0 Å². The lowest BCUT2D eigenvalue weighted by Crippen LogP contribution is -2.20. The van der Waals surface area contributed by atoms with Crippen LogP contribution in [0.15, 0.2) is 89.8 Å². The number of benzene rings is 4. The molecule has 0 unspecified atom stereocenters. The highest BCUT2D eigenvalue weighted by molar-refractivity contribution is 7.87. The lowest BCUT2D eigenvalue weighted by Gasteiger charge is -2.13. The van der Waals surface area contributed by atoms with E-state index < -0.39 is 27.7 Å². The number of urea groups is 1. The van der Waals surface area contributed by atoms with Gasteiger partial charge in [0.05, 0.1) is 0 Å². The quantitative estimate of drug-likeness (QED) is 0.327. The number of aryl methyl sites for hydroxylation is 1. The molecule has 0 radical (unpaired) electrons. The van der Waals surface area contributed by atoms with Crippen molar-refractivity contribution in [1.29, 1.82) is 0 Å². The van der Waals surface area contributed by atoms with Crippen LogP contribution >= 0.6 is 0 Å². The first-order valence-electron chi connectivity index (χ1n) is 10.2. The van der Waals surface area contributed by atoms with Gasteiger partial charge in [-0.05, 0) is 54.3 Å². The molecule has 0 spiro atoms. The second-order valence-electron chi connectivity index (χ2n) is 7.48. The summed E-state index contributed by atoms with van der Waals surface area (Å²) in [6.07, 6.45) is 0. The Balaban J connectivity index is 1.59. The van der Waals surface area contributed by atoms with E-state index in [0.29, 0.717) is 16.5 Å². The van der Waals surface area contributed by atoms with Crippen molar-refractivity contribution in [2.75, 3.05) is 10.6 Å². The number of amides is 2. The monoisotopic (exact) mass is 476 g/mol. The third kappa shape index (κ3) is 5.00. The van der Waals surface area contributed by atoms with Crippen molar-refractivity contribution in [3.63, 3.8) is 0 Å². The molecule has 0 fully saturated rings. The minimum absolute atomic E-state index is 0.0818. The van der Waals surface area contributed by atoms with Crippen LogP contribution in [0.1, 0.15) is 15.9 Å². The van der Waals surface area contributed by atoms with E-state index in [0.717, 1.165) is 11.6 Å². The van der Waals surface area contributed by atoms with Gasteiger partial charge in [-0.25, -0.2) is 9.59 Å². The molecule has 4 aromatic carbocycles. The molecule has 0 aliphatic heterocycles. The second-order valence-corrected chi connectivity index (χ2v) is 8.99. The number of carbonyl (C=O) groups is 2. The zero-order valence-electron chi connectivity index (χ0n) is 18.0. The Labute approximate surface area is 195 Å². The van der Waals surface area contributed by atoms with Crippen molar-refractivity contribution < 1.29 is 27.3 Å². The molecule has 9 heteroatoms. The maximum Gasteiger partial charge on any atom is 0.339 e. The first-order valence-corrected chi connectivity index (χ1v) is 11.6. The van der Waals surface area contributed by atoms with Crippen molar-refractivity contribution in [2.24, 2.45) is 0 Å². The van der Waals surface area contributed by atoms with Crippen LogP contribution < -0.4 is 14.8 Å². The molecule has 0 aromatic heterocycles. The fourth-order valence-corrected chi connectivity index (χ4v) is 4.61. The molecule has 172 valence electrons. The summed E-state index contributed by atoms with van der Waals surface area (Å²) in [6, 6.07) is 21.9. The summed E-state index contributed by atoms with van der Waals surface area (Å²) in [5.41, 5.74) is 1.26. The molecule has 2 amide bonds. The Bertz CT molecular complexity index is 1510. The number of fused-ring (bicyclic) bond motifs is 1. The zero-order valence-corrected chi connectivity index (χ0v) is 18.8. The highest BCUT2D eigenvalue weighted by Gasteiger charge is 2.23. The van der Waals surface area contributed by atoms with Gasteiger partial charge in [0.15, 0.2) is 5.75 Å². The van der Waals surface area contributed by atoms with Gasteiger partial charge >= 0.3 is 22.1 Å². The van der Waals surface area contributed by atoms with E-state index in [4.69, 9.17) is 4.18 Å². The second kappa shape index (κ2) is 9.24. The first kappa shape index (κ1) is 22.8. The maximum absolute atomic E-state index is 13.0. The summed E-state index contributed by atoms with van der Waals surface area (Å²) in [5.74, 6) is -1.78. The van der Waals surface area contributed by atoms with Crippen LogP contribution in [-0.4, -0.2) is 25.5 Å². The summed E-state index contributed by atoms with van der Waals surface area (Å²) in [4.78, 5) is 24.0. The van der Waals surface area contributed by atoms with E-state index in [9.17, 15) is 23.1 Å². The molecule has 0 aliphatic carbocycles. The first-order chi connectivity index (χ1) is 16.2. The van der Waals surface area contributed by atoms with Crippen molar-refractivity contribution in [3.8, 4) is 5.75 Å². The summed E-state index contributed by atoms with van der Waals surface area (Å²) >= 11 is 0. The Kier molecular flexibility index (Phi) is 6.20. The summed E-state index contributed by atoms with van der Waals surface area (Å²) < 4.78 is 31.2. The number of carboxylic acids is 1. The minimum Gasteiger partial charge on any atom is -0.478 e. The third-order valence-electron chi connectivity index (χ3n) is 4.96. The molecule has 0 atom stereocenters. The van der Waals surface area contributed by atoms with Crippen LogP contribution in [0.25, 0.3) is 10.8 Å².